The minimum Gasteiger partial charge on any atom is -0.506 e. The van der Waals surface area contributed by atoms with Crippen molar-refractivity contribution in [3.8, 4) is 11.4 Å². The van der Waals surface area contributed by atoms with Crippen LogP contribution in [0.2, 0.25) is 0 Å². The fourth-order valence-electron chi connectivity index (χ4n) is 2.88. The standard InChI is InChI=1S/C22H16N2O2/c25-19-13-7-12-18-21(19)23-20(15-14-16-8-3-1-4-9-16)24(22(18)26)17-10-5-2-6-11-17/h1-15,25H. The van der Waals surface area contributed by atoms with Gasteiger partial charge in [0.25, 0.3) is 5.56 Å². The van der Waals surface area contributed by atoms with Gasteiger partial charge in [-0.25, -0.2) is 4.98 Å². The van der Waals surface area contributed by atoms with Gasteiger partial charge < -0.3 is 5.11 Å². The van der Waals surface area contributed by atoms with E-state index in [-0.39, 0.29) is 11.3 Å². The molecule has 4 heteroatoms. The predicted molar refractivity (Wildman–Crippen MR) is 104 cm³/mol. The van der Waals surface area contributed by atoms with E-state index in [9.17, 15) is 9.90 Å². The molecule has 0 saturated carbocycles. The number of phenolic OH excluding ortho intramolecular Hbond substituents is 1. The fourth-order valence-corrected chi connectivity index (χ4v) is 2.88. The van der Waals surface area contributed by atoms with Gasteiger partial charge in [0.1, 0.15) is 17.1 Å². The topological polar surface area (TPSA) is 55.1 Å². The van der Waals surface area contributed by atoms with E-state index in [4.69, 9.17) is 0 Å². The maximum absolute atomic E-state index is 13.1. The van der Waals surface area contributed by atoms with E-state index in [0.717, 1.165) is 11.3 Å². The number of phenols is 1. The molecule has 26 heavy (non-hydrogen) atoms. The molecule has 0 amide bonds. The molecule has 1 heterocycles. The molecule has 1 aromatic heterocycles. The molecule has 0 fully saturated rings. The summed E-state index contributed by atoms with van der Waals surface area (Å²) in [6.07, 6.45) is 3.68. The van der Waals surface area contributed by atoms with Gasteiger partial charge in [0.2, 0.25) is 0 Å². The zero-order valence-electron chi connectivity index (χ0n) is 13.9. The molecule has 0 saturated heterocycles. The molecule has 4 rings (SSSR count). The van der Waals surface area contributed by atoms with Crippen molar-refractivity contribution >= 4 is 23.1 Å². The van der Waals surface area contributed by atoms with Gasteiger partial charge in [0.05, 0.1) is 11.1 Å². The van der Waals surface area contributed by atoms with Gasteiger partial charge in [-0.3, -0.25) is 9.36 Å². The van der Waals surface area contributed by atoms with Gasteiger partial charge >= 0.3 is 0 Å². The summed E-state index contributed by atoms with van der Waals surface area (Å²) in [4.78, 5) is 17.6. The molecule has 126 valence electrons. The van der Waals surface area contributed by atoms with Crippen LogP contribution >= 0.6 is 0 Å². The number of rotatable bonds is 3. The molecule has 3 aromatic carbocycles. The van der Waals surface area contributed by atoms with E-state index in [0.29, 0.717) is 16.7 Å². The van der Waals surface area contributed by atoms with E-state index in [1.807, 2.05) is 66.7 Å². The van der Waals surface area contributed by atoms with Crippen molar-refractivity contribution in [1.29, 1.82) is 0 Å². The van der Waals surface area contributed by atoms with Crippen LogP contribution in [-0.4, -0.2) is 14.7 Å². The molecule has 0 atom stereocenters. The Bertz CT molecular complexity index is 1150. The summed E-state index contributed by atoms with van der Waals surface area (Å²) in [6, 6.07) is 24.0. The Kier molecular flexibility index (Phi) is 4.07. The van der Waals surface area contributed by atoms with Crippen LogP contribution in [-0.2, 0) is 0 Å². The van der Waals surface area contributed by atoms with Crippen LogP contribution in [0.25, 0.3) is 28.7 Å². The maximum atomic E-state index is 13.1. The Labute approximate surface area is 150 Å². The van der Waals surface area contributed by atoms with Crippen LogP contribution in [0.4, 0.5) is 0 Å². The monoisotopic (exact) mass is 340 g/mol. The number of hydrogen-bond acceptors (Lipinski definition) is 3. The van der Waals surface area contributed by atoms with Crippen molar-refractivity contribution in [2.24, 2.45) is 0 Å². The summed E-state index contributed by atoms with van der Waals surface area (Å²) in [5.74, 6) is 0.452. The van der Waals surface area contributed by atoms with E-state index in [1.165, 1.54) is 6.07 Å². The van der Waals surface area contributed by atoms with Crippen LogP contribution in [0, 0.1) is 0 Å². The zero-order valence-corrected chi connectivity index (χ0v) is 13.9. The maximum Gasteiger partial charge on any atom is 0.266 e. The Morgan fingerprint density at radius 2 is 1.50 bits per heavy atom. The van der Waals surface area contributed by atoms with Gasteiger partial charge in [-0.1, -0.05) is 60.7 Å². The Balaban J connectivity index is 1.99. The third-order valence-corrected chi connectivity index (χ3v) is 4.14. The highest BCUT2D eigenvalue weighted by atomic mass is 16.3. The first kappa shape index (κ1) is 15.8. The number of para-hydroxylation sites is 2. The first-order valence-corrected chi connectivity index (χ1v) is 8.27. The van der Waals surface area contributed by atoms with Crippen molar-refractivity contribution in [1.82, 2.24) is 9.55 Å². The van der Waals surface area contributed by atoms with Gasteiger partial charge in [-0.15, -0.1) is 0 Å². The van der Waals surface area contributed by atoms with Crippen LogP contribution in [0.1, 0.15) is 11.4 Å². The average Bonchev–Trinajstić information content (AvgIpc) is 2.69. The average molecular weight is 340 g/mol. The molecule has 0 bridgehead atoms. The van der Waals surface area contributed by atoms with Crippen molar-refractivity contribution in [2.75, 3.05) is 0 Å². The second kappa shape index (κ2) is 6.69. The number of aromatic hydroxyl groups is 1. The first-order valence-electron chi connectivity index (χ1n) is 8.27. The Morgan fingerprint density at radius 3 is 2.23 bits per heavy atom. The third-order valence-electron chi connectivity index (χ3n) is 4.14. The summed E-state index contributed by atoms with van der Waals surface area (Å²) < 4.78 is 1.56. The molecule has 0 aliphatic rings. The molecule has 0 aliphatic carbocycles. The molecule has 0 aliphatic heterocycles. The Morgan fingerprint density at radius 1 is 0.808 bits per heavy atom. The van der Waals surface area contributed by atoms with Crippen molar-refractivity contribution in [2.45, 2.75) is 0 Å². The van der Waals surface area contributed by atoms with Crippen LogP contribution in [0.5, 0.6) is 5.75 Å². The number of aromatic nitrogens is 2. The predicted octanol–water partition coefficient (Wildman–Crippen LogP) is 4.26. The molecule has 1 N–H and O–H groups in total. The lowest BCUT2D eigenvalue weighted by Crippen LogP contribution is -2.22. The number of fused-ring (bicyclic) bond motifs is 1. The quantitative estimate of drug-likeness (QED) is 0.606. The minimum atomic E-state index is -0.218. The molecule has 0 unspecified atom stereocenters. The van der Waals surface area contributed by atoms with Crippen LogP contribution < -0.4 is 5.56 Å². The van der Waals surface area contributed by atoms with Gasteiger partial charge in [0.15, 0.2) is 0 Å². The van der Waals surface area contributed by atoms with Gasteiger partial charge in [-0.2, -0.15) is 0 Å². The lowest BCUT2D eigenvalue weighted by molar-refractivity contribution is 0.480. The second-order valence-corrected chi connectivity index (χ2v) is 5.86. The smallest absolute Gasteiger partial charge is 0.266 e. The van der Waals surface area contributed by atoms with Gasteiger partial charge in [0, 0.05) is 0 Å². The normalized spacial score (nSPS) is 11.2. The highest BCUT2D eigenvalue weighted by molar-refractivity contribution is 5.85. The van der Waals surface area contributed by atoms with E-state index in [1.54, 1.807) is 22.8 Å². The van der Waals surface area contributed by atoms with Gasteiger partial charge in [-0.05, 0) is 35.9 Å². The van der Waals surface area contributed by atoms with E-state index >= 15 is 0 Å². The highest BCUT2D eigenvalue weighted by Crippen LogP contribution is 2.22. The summed E-state index contributed by atoms with van der Waals surface area (Å²) in [5.41, 5.74) is 1.81. The summed E-state index contributed by atoms with van der Waals surface area (Å²) >= 11 is 0. The number of hydrogen-bond donors (Lipinski definition) is 1. The molecular weight excluding hydrogens is 324 g/mol. The summed E-state index contributed by atoms with van der Waals surface area (Å²) in [6.45, 7) is 0. The number of benzene rings is 3. The SMILES string of the molecule is O=c1c2cccc(O)c2nc(C=Cc2ccccc2)n1-c1ccccc1. The Hall–Kier alpha value is -3.66. The van der Waals surface area contributed by atoms with Crippen LogP contribution in [0.15, 0.2) is 83.7 Å². The third kappa shape index (κ3) is 2.89. The fraction of sp³-hybridized carbons (Fsp3) is 0. The molecule has 0 spiro atoms. The van der Waals surface area contributed by atoms with Crippen molar-refractivity contribution in [3.05, 3.63) is 101 Å². The summed E-state index contributed by atoms with van der Waals surface area (Å²) in [7, 11) is 0. The minimum absolute atomic E-state index is 0.00540. The lowest BCUT2D eigenvalue weighted by Gasteiger charge is -2.11. The van der Waals surface area contributed by atoms with Crippen molar-refractivity contribution in [3.63, 3.8) is 0 Å². The van der Waals surface area contributed by atoms with Crippen LogP contribution in [0.3, 0.4) is 0 Å². The summed E-state index contributed by atoms with van der Waals surface area (Å²) in [5, 5.41) is 10.5. The number of nitrogens with zero attached hydrogens (tertiary/aromatic N) is 2. The zero-order chi connectivity index (χ0) is 17.9. The molecule has 4 aromatic rings. The highest BCUT2D eigenvalue weighted by Gasteiger charge is 2.13. The van der Waals surface area contributed by atoms with E-state index in [2.05, 4.69) is 4.98 Å². The molecule has 4 nitrogen and oxygen atoms in total. The largest absolute Gasteiger partial charge is 0.506 e. The van der Waals surface area contributed by atoms with E-state index < -0.39 is 0 Å². The first-order chi connectivity index (χ1) is 12.7. The molecular formula is C22H16N2O2. The lowest BCUT2D eigenvalue weighted by atomic mass is 10.2. The van der Waals surface area contributed by atoms with Crippen molar-refractivity contribution < 1.29 is 5.11 Å². The molecule has 0 radical (unpaired) electrons. The second-order valence-electron chi connectivity index (χ2n) is 5.86.